The molecule has 1 aromatic heterocycles. The molecule has 1 N–H and O–H groups in total. The molecule has 1 aliphatic rings. The number of benzene rings is 2. The molecule has 25 heavy (non-hydrogen) atoms. The minimum atomic E-state index is -0.237. The number of carbonyl (C=O) groups is 1. The van der Waals surface area contributed by atoms with Crippen molar-refractivity contribution in [1.29, 1.82) is 0 Å². The average Bonchev–Trinajstić information content (AvgIpc) is 2.68. The number of ether oxygens (including phenoxy) is 1. The number of hydrogen-bond donors (Lipinski definition) is 1. The van der Waals surface area contributed by atoms with Gasteiger partial charge in [0.1, 0.15) is 12.0 Å². The van der Waals surface area contributed by atoms with Gasteiger partial charge >= 0.3 is 0 Å². The lowest BCUT2D eigenvalue weighted by Crippen LogP contribution is -2.36. The van der Waals surface area contributed by atoms with Crippen molar-refractivity contribution in [2.24, 2.45) is 0 Å². The second-order valence-electron chi connectivity index (χ2n) is 5.81. The summed E-state index contributed by atoms with van der Waals surface area (Å²) in [5, 5.41) is 3.75. The zero-order valence-electron chi connectivity index (χ0n) is 13.7. The van der Waals surface area contributed by atoms with Crippen LogP contribution in [0.4, 0.5) is 11.4 Å². The zero-order valence-corrected chi connectivity index (χ0v) is 13.7. The maximum Gasteiger partial charge on any atom is 0.275 e. The summed E-state index contributed by atoms with van der Waals surface area (Å²) < 4.78 is 5.41. The van der Waals surface area contributed by atoms with Crippen LogP contribution in [0.5, 0.6) is 0 Å². The molecular weight excluding hydrogens is 316 g/mol. The molecule has 1 aliphatic heterocycles. The Hall–Kier alpha value is -2.99. The maximum absolute atomic E-state index is 12.8. The van der Waals surface area contributed by atoms with Crippen molar-refractivity contribution in [3.8, 4) is 0 Å². The highest BCUT2D eigenvalue weighted by molar-refractivity contribution is 6.11. The number of aromatic nitrogens is 2. The van der Waals surface area contributed by atoms with Crippen molar-refractivity contribution < 1.29 is 9.53 Å². The van der Waals surface area contributed by atoms with Crippen LogP contribution < -0.4 is 10.2 Å². The van der Waals surface area contributed by atoms with E-state index in [-0.39, 0.29) is 5.91 Å². The third kappa shape index (κ3) is 3.16. The van der Waals surface area contributed by atoms with Crippen molar-refractivity contribution in [3.63, 3.8) is 0 Å². The smallest absolute Gasteiger partial charge is 0.275 e. The standard InChI is InChI=1S/C19H18N4O2/c24-19(18-14-5-1-2-6-15(14)20-13-21-18)22-16-7-3-4-8-17(16)23-9-11-25-12-10-23/h1-8,13H,9-12H2,(H,22,24). The van der Waals surface area contributed by atoms with Crippen molar-refractivity contribution in [2.45, 2.75) is 0 Å². The molecular formula is C19H18N4O2. The molecule has 1 amide bonds. The number of amides is 1. The lowest BCUT2D eigenvalue weighted by atomic mass is 10.1. The first kappa shape index (κ1) is 15.5. The number of hydrogen-bond acceptors (Lipinski definition) is 5. The van der Waals surface area contributed by atoms with Crippen LogP contribution in [-0.4, -0.2) is 42.2 Å². The van der Waals surface area contributed by atoms with Crippen LogP contribution in [0.1, 0.15) is 10.5 Å². The number of nitrogens with one attached hydrogen (secondary N) is 1. The van der Waals surface area contributed by atoms with Crippen LogP contribution in [0.2, 0.25) is 0 Å². The second-order valence-corrected chi connectivity index (χ2v) is 5.81. The average molecular weight is 334 g/mol. The Bertz CT molecular complexity index is 901. The number of nitrogens with zero attached hydrogens (tertiary/aromatic N) is 3. The van der Waals surface area contributed by atoms with E-state index in [1.807, 2.05) is 48.5 Å². The Morgan fingerprint density at radius 1 is 1.00 bits per heavy atom. The molecule has 4 rings (SSSR count). The summed E-state index contributed by atoms with van der Waals surface area (Å²) in [6, 6.07) is 15.3. The van der Waals surface area contributed by atoms with Crippen LogP contribution in [0, 0.1) is 0 Å². The van der Waals surface area contributed by atoms with E-state index >= 15 is 0 Å². The summed E-state index contributed by atoms with van der Waals surface area (Å²) in [6.07, 6.45) is 1.42. The predicted molar refractivity (Wildman–Crippen MR) is 97.0 cm³/mol. The highest BCUT2D eigenvalue weighted by Gasteiger charge is 2.18. The summed E-state index contributed by atoms with van der Waals surface area (Å²) in [5.74, 6) is -0.237. The van der Waals surface area contributed by atoms with E-state index in [9.17, 15) is 4.79 Å². The molecule has 0 bridgehead atoms. The Labute approximate surface area is 145 Å². The molecule has 2 heterocycles. The monoisotopic (exact) mass is 334 g/mol. The van der Waals surface area contributed by atoms with Gasteiger partial charge in [-0.1, -0.05) is 30.3 Å². The largest absolute Gasteiger partial charge is 0.378 e. The van der Waals surface area contributed by atoms with Gasteiger partial charge in [0.15, 0.2) is 0 Å². The quantitative estimate of drug-likeness (QED) is 0.798. The minimum absolute atomic E-state index is 0.237. The molecule has 2 aromatic carbocycles. The molecule has 0 unspecified atom stereocenters. The third-order valence-electron chi connectivity index (χ3n) is 4.26. The molecule has 3 aromatic rings. The molecule has 126 valence electrons. The number of carbonyl (C=O) groups excluding carboxylic acids is 1. The Morgan fingerprint density at radius 2 is 1.76 bits per heavy atom. The van der Waals surface area contributed by atoms with E-state index < -0.39 is 0 Å². The van der Waals surface area contributed by atoms with Crippen molar-refractivity contribution >= 4 is 28.2 Å². The first-order valence-electron chi connectivity index (χ1n) is 8.26. The summed E-state index contributed by atoms with van der Waals surface area (Å²) in [6.45, 7) is 3.00. The normalized spacial score (nSPS) is 14.5. The third-order valence-corrected chi connectivity index (χ3v) is 4.26. The molecule has 1 fully saturated rings. The molecule has 0 radical (unpaired) electrons. The Balaban J connectivity index is 1.65. The van der Waals surface area contributed by atoms with Gasteiger partial charge in [0.05, 0.1) is 30.1 Å². The number of rotatable bonds is 3. The summed E-state index contributed by atoms with van der Waals surface area (Å²) in [5.41, 5.74) is 2.90. The van der Waals surface area contributed by atoms with Gasteiger partial charge < -0.3 is 15.0 Å². The van der Waals surface area contributed by atoms with Crippen LogP contribution in [0.25, 0.3) is 10.9 Å². The van der Waals surface area contributed by atoms with Gasteiger partial charge in [-0.3, -0.25) is 4.79 Å². The molecule has 6 heteroatoms. The molecule has 0 spiro atoms. The topological polar surface area (TPSA) is 67.4 Å². The number of anilines is 2. The minimum Gasteiger partial charge on any atom is -0.378 e. The molecule has 0 aliphatic carbocycles. The lowest BCUT2D eigenvalue weighted by Gasteiger charge is -2.30. The summed E-state index contributed by atoms with van der Waals surface area (Å²) in [7, 11) is 0. The molecule has 0 saturated carbocycles. The molecule has 0 atom stereocenters. The SMILES string of the molecule is O=C(Nc1ccccc1N1CCOCC1)c1ncnc2ccccc12. The van der Waals surface area contributed by atoms with Crippen molar-refractivity contribution in [1.82, 2.24) is 9.97 Å². The number of fused-ring (bicyclic) bond motifs is 1. The Kier molecular flexibility index (Phi) is 4.26. The fraction of sp³-hybridized carbons (Fsp3) is 0.211. The Morgan fingerprint density at radius 3 is 2.64 bits per heavy atom. The van der Waals surface area contributed by atoms with E-state index in [0.717, 1.165) is 35.4 Å². The van der Waals surface area contributed by atoms with Gasteiger partial charge in [-0.25, -0.2) is 9.97 Å². The second kappa shape index (κ2) is 6.86. The van der Waals surface area contributed by atoms with Crippen LogP contribution in [-0.2, 0) is 4.74 Å². The maximum atomic E-state index is 12.8. The van der Waals surface area contributed by atoms with Gasteiger partial charge in [0, 0.05) is 18.5 Å². The van der Waals surface area contributed by atoms with Gasteiger partial charge in [0.25, 0.3) is 5.91 Å². The van der Waals surface area contributed by atoms with E-state index in [0.29, 0.717) is 18.9 Å². The van der Waals surface area contributed by atoms with Gasteiger partial charge in [-0.15, -0.1) is 0 Å². The first-order chi connectivity index (χ1) is 12.3. The van der Waals surface area contributed by atoms with Crippen LogP contribution in [0.3, 0.4) is 0 Å². The van der Waals surface area contributed by atoms with Crippen LogP contribution in [0.15, 0.2) is 54.9 Å². The fourth-order valence-electron chi connectivity index (χ4n) is 3.03. The van der Waals surface area contributed by atoms with E-state index in [4.69, 9.17) is 4.74 Å². The van der Waals surface area contributed by atoms with E-state index in [1.165, 1.54) is 6.33 Å². The van der Waals surface area contributed by atoms with E-state index in [1.54, 1.807) is 0 Å². The fourth-order valence-corrected chi connectivity index (χ4v) is 3.03. The van der Waals surface area contributed by atoms with Crippen molar-refractivity contribution in [2.75, 3.05) is 36.5 Å². The number of para-hydroxylation sites is 3. The molecule has 1 saturated heterocycles. The highest BCUT2D eigenvalue weighted by atomic mass is 16.5. The zero-order chi connectivity index (χ0) is 17.1. The van der Waals surface area contributed by atoms with Gasteiger partial charge in [0.2, 0.25) is 0 Å². The highest BCUT2D eigenvalue weighted by Crippen LogP contribution is 2.27. The number of morpholine rings is 1. The lowest BCUT2D eigenvalue weighted by molar-refractivity contribution is 0.102. The van der Waals surface area contributed by atoms with E-state index in [2.05, 4.69) is 20.2 Å². The summed E-state index contributed by atoms with van der Waals surface area (Å²) in [4.78, 5) is 23.4. The van der Waals surface area contributed by atoms with Gasteiger partial charge in [-0.05, 0) is 18.2 Å². The summed E-state index contributed by atoms with van der Waals surface area (Å²) >= 11 is 0. The molecule has 6 nitrogen and oxygen atoms in total. The first-order valence-corrected chi connectivity index (χ1v) is 8.26. The van der Waals surface area contributed by atoms with Gasteiger partial charge in [-0.2, -0.15) is 0 Å². The predicted octanol–water partition coefficient (Wildman–Crippen LogP) is 2.72. The van der Waals surface area contributed by atoms with Crippen LogP contribution >= 0.6 is 0 Å². The van der Waals surface area contributed by atoms with Crippen molar-refractivity contribution in [3.05, 3.63) is 60.6 Å².